The molecule has 2 aromatic rings. The van der Waals surface area contributed by atoms with Gasteiger partial charge in [-0.2, -0.15) is 0 Å². The first kappa shape index (κ1) is 9.32. The second-order valence-corrected chi connectivity index (χ2v) is 2.80. The molecule has 0 amide bonds. The Labute approximate surface area is 83.8 Å². The summed E-state index contributed by atoms with van der Waals surface area (Å²) in [4.78, 5) is 14.1. The molecule has 0 atom stereocenters. The molecule has 0 aliphatic heterocycles. The predicted molar refractivity (Wildman–Crippen MR) is 48.3 cm³/mol. The van der Waals surface area contributed by atoms with Gasteiger partial charge in [-0.3, -0.25) is 0 Å². The van der Waals surface area contributed by atoms with Crippen molar-refractivity contribution in [3.8, 4) is 5.69 Å². The van der Waals surface area contributed by atoms with Gasteiger partial charge in [0, 0.05) is 0 Å². The average molecular weight is 207 g/mol. The van der Waals surface area contributed by atoms with E-state index in [0.29, 0.717) is 5.69 Å². The van der Waals surface area contributed by atoms with Gasteiger partial charge in [0.1, 0.15) is 12.1 Å². The average Bonchev–Trinajstić information content (AvgIpc) is 2.66. The third-order valence-electron chi connectivity index (χ3n) is 1.76. The van der Waals surface area contributed by atoms with E-state index in [2.05, 4.69) is 10.1 Å². The van der Waals surface area contributed by atoms with Crippen molar-refractivity contribution in [1.29, 1.82) is 0 Å². The van der Waals surface area contributed by atoms with E-state index < -0.39 is 11.8 Å². The zero-order valence-electron chi connectivity index (χ0n) is 7.46. The van der Waals surface area contributed by atoms with Crippen LogP contribution >= 0.6 is 0 Å². The van der Waals surface area contributed by atoms with Crippen molar-refractivity contribution in [3.05, 3.63) is 42.2 Å². The number of rotatable bonds is 2. The summed E-state index contributed by atoms with van der Waals surface area (Å²) in [6, 6.07) is 5.63. The Kier molecular flexibility index (Phi) is 2.17. The van der Waals surface area contributed by atoms with E-state index in [9.17, 15) is 9.18 Å². The third kappa shape index (κ3) is 1.83. The number of carbonyl (C=O) groups is 1. The number of hydrogen-bond acceptors (Lipinski definition) is 3. The molecular weight excluding hydrogens is 201 g/mol. The largest absolute Gasteiger partial charge is 0.475 e. The fourth-order valence-corrected chi connectivity index (χ4v) is 1.10. The van der Waals surface area contributed by atoms with E-state index >= 15 is 0 Å². The van der Waals surface area contributed by atoms with Gasteiger partial charge in [0.25, 0.3) is 5.82 Å². The minimum absolute atomic E-state index is 0.320. The van der Waals surface area contributed by atoms with Crippen molar-refractivity contribution in [2.24, 2.45) is 0 Å². The first-order valence-corrected chi connectivity index (χ1v) is 4.08. The Morgan fingerprint density at radius 2 is 2.27 bits per heavy atom. The molecule has 1 heterocycles. The summed E-state index contributed by atoms with van der Waals surface area (Å²) in [5.74, 6) is -1.95. The zero-order chi connectivity index (χ0) is 10.8. The topological polar surface area (TPSA) is 68.0 Å². The number of halogens is 1. The molecule has 0 fully saturated rings. The Balaban J connectivity index is 2.41. The highest BCUT2D eigenvalue weighted by molar-refractivity contribution is 5.82. The first-order valence-electron chi connectivity index (χ1n) is 4.08. The van der Waals surface area contributed by atoms with E-state index in [-0.39, 0.29) is 5.82 Å². The van der Waals surface area contributed by atoms with Crippen molar-refractivity contribution < 1.29 is 14.3 Å². The lowest BCUT2D eigenvalue weighted by Crippen LogP contribution is -2.01. The Bertz CT molecular complexity index is 510. The van der Waals surface area contributed by atoms with Gasteiger partial charge in [0.2, 0.25) is 0 Å². The number of nitrogens with zero attached hydrogens (tertiary/aromatic N) is 3. The molecule has 76 valence electrons. The van der Waals surface area contributed by atoms with Crippen LogP contribution in [0.3, 0.4) is 0 Å². The maximum absolute atomic E-state index is 12.8. The molecule has 0 saturated carbocycles. The number of carboxylic acids is 1. The van der Waals surface area contributed by atoms with Crippen molar-refractivity contribution in [2.75, 3.05) is 0 Å². The van der Waals surface area contributed by atoms with E-state index in [1.54, 1.807) is 6.07 Å². The smallest absolute Gasteiger partial charge is 0.375 e. The Morgan fingerprint density at radius 3 is 2.87 bits per heavy atom. The van der Waals surface area contributed by atoms with Crippen LogP contribution in [0.1, 0.15) is 10.6 Å². The van der Waals surface area contributed by atoms with Crippen LogP contribution in [0.25, 0.3) is 5.69 Å². The molecule has 0 unspecified atom stereocenters. The highest BCUT2D eigenvalue weighted by atomic mass is 19.1. The number of benzene rings is 1. The Morgan fingerprint density at radius 1 is 1.47 bits per heavy atom. The summed E-state index contributed by atoms with van der Waals surface area (Å²) in [6.07, 6.45) is 1.22. The van der Waals surface area contributed by atoms with Crippen LogP contribution in [-0.2, 0) is 0 Å². The minimum Gasteiger partial charge on any atom is -0.475 e. The summed E-state index contributed by atoms with van der Waals surface area (Å²) in [7, 11) is 0. The fourth-order valence-electron chi connectivity index (χ4n) is 1.10. The molecule has 1 aromatic heterocycles. The van der Waals surface area contributed by atoms with Crippen LogP contribution in [-0.4, -0.2) is 25.8 Å². The van der Waals surface area contributed by atoms with Crippen LogP contribution in [0.5, 0.6) is 0 Å². The van der Waals surface area contributed by atoms with Gasteiger partial charge in [-0.05, 0) is 18.2 Å². The molecule has 15 heavy (non-hydrogen) atoms. The standard InChI is InChI=1S/C9H6FN3O2/c10-6-2-1-3-7(4-6)13-5-11-8(12-13)9(14)15/h1-5H,(H,14,15). The number of aromatic nitrogens is 3. The lowest BCUT2D eigenvalue weighted by Gasteiger charge is -1.98. The maximum atomic E-state index is 12.8. The van der Waals surface area contributed by atoms with E-state index in [1.165, 1.54) is 29.2 Å². The summed E-state index contributed by atoms with van der Waals surface area (Å²) in [6.45, 7) is 0. The zero-order valence-corrected chi connectivity index (χ0v) is 7.46. The predicted octanol–water partition coefficient (Wildman–Crippen LogP) is 1.10. The monoisotopic (exact) mass is 207 g/mol. The van der Waals surface area contributed by atoms with E-state index in [1.807, 2.05) is 0 Å². The summed E-state index contributed by atoms with van der Waals surface area (Å²) in [5, 5.41) is 12.2. The van der Waals surface area contributed by atoms with Gasteiger partial charge in [-0.15, -0.1) is 5.10 Å². The molecule has 6 heteroatoms. The highest BCUT2D eigenvalue weighted by Gasteiger charge is 2.09. The quantitative estimate of drug-likeness (QED) is 0.800. The molecule has 1 aromatic carbocycles. The van der Waals surface area contributed by atoms with Crippen molar-refractivity contribution in [2.45, 2.75) is 0 Å². The van der Waals surface area contributed by atoms with E-state index in [4.69, 9.17) is 5.11 Å². The fraction of sp³-hybridized carbons (Fsp3) is 0. The molecule has 0 spiro atoms. The summed E-state index contributed by atoms with van der Waals surface area (Å²) < 4.78 is 14.0. The highest BCUT2D eigenvalue weighted by Crippen LogP contribution is 2.07. The molecular formula is C9H6FN3O2. The molecule has 0 saturated heterocycles. The second-order valence-electron chi connectivity index (χ2n) is 2.80. The van der Waals surface area contributed by atoms with Gasteiger partial charge in [0.15, 0.2) is 0 Å². The van der Waals surface area contributed by atoms with Gasteiger partial charge in [-0.25, -0.2) is 18.9 Å². The molecule has 0 bridgehead atoms. The van der Waals surface area contributed by atoms with Crippen LogP contribution < -0.4 is 0 Å². The van der Waals surface area contributed by atoms with Crippen LogP contribution in [0.4, 0.5) is 4.39 Å². The molecule has 1 N–H and O–H groups in total. The maximum Gasteiger partial charge on any atom is 0.375 e. The van der Waals surface area contributed by atoms with Crippen LogP contribution in [0, 0.1) is 5.82 Å². The lowest BCUT2D eigenvalue weighted by atomic mass is 10.3. The van der Waals surface area contributed by atoms with Crippen molar-refractivity contribution in [1.82, 2.24) is 14.8 Å². The number of aromatic carboxylic acids is 1. The Hall–Kier alpha value is -2.24. The third-order valence-corrected chi connectivity index (χ3v) is 1.76. The van der Waals surface area contributed by atoms with Crippen molar-refractivity contribution in [3.63, 3.8) is 0 Å². The summed E-state index contributed by atoms with van der Waals surface area (Å²) >= 11 is 0. The lowest BCUT2D eigenvalue weighted by molar-refractivity contribution is 0.0683. The molecule has 5 nitrogen and oxygen atoms in total. The van der Waals surface area contributed by atoms with Gasteiger partial charge < -0.3 is 5.11 Å². The van der Waals surface area contributed by atoms with E-state index in [0.717, 1.165) is 0 Å². The normalized spacial score (nSPS) is 10.2. The van der Waals surface area contributed by atoms with Crippen LogP contribution in [0.15, 0.2) is 30.6 Å². The second kappa shape index (κ2) is 3.49. The van der Waals surface area contributed by atoms with Gasteiger partial charge in [0.05, 0.1) is 5.69 Å². The molecule has 0 radical (unpaired) electrons. The first-order chi connectivity index (χ1) is 7.16. The minimum atomic E-state index is -1.22. The molecule has 0 aliphatic carbocycles. The van der Waals surface area contributed by atoms with Gasteiger partial charge >= 0.3 is 5.97 Å². The SMILES string of the molecule is O=C(O)c1ncn(-c2cccc(F)c2)n1. The number of hydrogen-bond donors (Lipinski definition) is 1. The summed E-state index contributed by atoms with van der Waals surface area (Å²) in [5.41, 5.74) is 0.426. The van der Waals surface area contributed by atoms with Crippen LogP contribution in [0.2, 0.25) is 0 Å². The molecule has 0 aliphatic rings. The number of carboxylic acid groups (broad SMARTS) is 1. The van der Waals surface area contributed by atoms with Gasteiger partial charge in [-0.1, -0.05) is 6.07 Å². The van der Waals surface area contributed by atoms with Crippen molar-refractivity contribution >= 4 is 5.97 Å². The molecule has 2 rings (SSSR count).